The van der Waals surface area contributed by atoms with Crippen LogP contribution in [-0.4, -0.2) is 38.9 Å². The highest BCUT2D eigenvalue weighted by Gasteiger charge is 2.24. The van der Waals surface area contributed by atoms with Gasteiger partial charge in [-0.15, -0.1) is 0 Å². The molecule has 0 bridgehead atoms. The van der Waals surface area contributed by atoms with Crippen LogP contribution in [0.2, 0.25) is 5.02 Å². The van der Waals surface area contributed by atoms with Gasteiger partial charge < -0.3 is 4.90 Å². The maximum Gasteiger partial charge on any atom is 0.256 e. The van der Waals surface area contributed by atoms with Gasteiger partial charge in [-0.1, -0.05) is 72.3 Å². The van der Waals surface area contributed by atoms with Gasteiger partial charge >= 0.3 is 0 Å². The van der Waals surface area contributed by atoms with E-state index < -0.39 is 0 Å². The van der Waals surface area contributed by atoms with Crippen LogP contribution in [0.4, 0.5) is 5.95 Å². The number of aromatic nitrogens is 2. The predicted octanol–water partition coefficient (Wildman–Crippen LogP) is 5.68. The van der Waals surface area contributed by atoms with Gasteiger partial charge in [-0.25, -0.2) is 4.98 Å². The molecular formula is C27H25ClN4O2. The number of carbonyl (C=O) groups is 2. The van der Waals surface area contributed by atoms with Crippen LogP contribution >= 0.6 is 11.6 Å². The third-order valence-corrected chi connectivity index (χ3v) is 5.69. The quantitative estimate of drug-likeness (QED) is 0.376. The van der Waals surface area contributed by atoms with Gasteiger partial charge in [0.15, 0.2) is 0 Å². The summed E-state index contributed by atoms with van der Waals surface area (Å²) >= 11 is 6.22. The summed E-state index contributed by atoms with van der Waals surface area (Å²) < 4.78 is 1.83. The van der Waals surface area contributed by atoms with E-state index in [2.05, 4.69) is 10.3 Å². The second kappa shape index (κ2) is 10.4. The van der Waals surface area contributed by atoms with E-state index in [0.29, 0.717) is 16.5 Å². The molecule has 0 unspecified atom stereocenters. The van der Waals surface area contributed by atoms with E-state index in [4.69, 9.17) is 11.6 Å². The topological polar surface area (TPSA) is 67.2 Å². The first-order valence-electron chi connectivity index (χ1n) is 11.0. The van der Waals surface area contributed by atoms with Crippen molar-refractivity contribution in [3.63, 3.8) is 0 Å². The number of nitrogens with zero attached hydrogens (tertiary/aromatic N) is 3. The first-order chi connectivity index (χ1) is 16.4. The first kappa shape index (κ1) is 23.3. The van der Waals surface area contributed by atoms with Crippen molar-refractivity contribution in [3.8, 4) is 16.9 Å². The van der Waals surface area contributed by atoms with Crippen LogP contribution < -0.4 is 5.32 Å². The summed E-state index contributed by atoms with van der Waals surface area (Å²) in [6, 6.07) is 26.0. The lowest BCUT2D eigenvalue weighted by Gasteiger charge is -2.26. The van der Waals surface area contributed by atoms with Crippen LogP contribution in [-0.2, 0) is 4.79 Å². The van der Waals surface area contributed by atoms with Gasteiger partial charge in [-0.3, -0.25) is 19.5 Å². The fourth-order valence-corrected chi connectivity index (χ4v) is 3.82. The van der Waals surface area contributed by atoms with Crippen LogP contribution in [0.25, 0.3) is 16.9 Å². The molecule has 0 saturated heterocycles. The molecule has 3 aromatic carbocycles. The smallest absolute Gasteiger partial charge is 0.256 e. The molecule has 1 heterocycles. The number of anilines is 1. The molecule has 7 heteroatoms. The van der Waals surface area contributed by atoms with Crippen LogP contribution in [0, 0.1) is 0 Å². The van der Waals surface area contributed by atoms with Crippen molar-refractivity contribution < 1.29 is 9.59 Å². The standard InChI is InChI=1S/C27H25ClN4O2/c1-19(2)31(26(34)22-15-9-10-16-23(22)28)18-25(33)30-27-29-24(20-11-5-3-6-12-20)17-32(27)21-13-7-4-8-14-21/h3-17,19H,18H2,1-2H3,(H,29,30,33). The summed E-state index contributed by atoms with van der Waals surface area (Å²) in [7, 11) is 0. The summed E-state index contributed by atoms with van der Waals surface area (Å²) in [5, 5.41) is 3.24. The van der Waals surface area contributed by atoms with Crippen molar-refractivity contribution in [3.05, 3.63) is 102 Å². The van der Waals surface area contributed by atoms with E-state index in [-0.39, 0.29) is 24.4 Å². The lowest BCUT2D eigenvalue weighted by molar-refractivity contribution is -0.117. The monoisotopic (exact) mass is 472 g/mol. The minimum absolute atomic E-state index is 0.135. The molecule has 0 fully saturated rings. The maximum atomic E-state index is 13.1. The Hall–Kier alpha value is -3.90. The molecule has 0 radical (unpaired) electrons. The van der Waals surface area contributed by atoms with E-state index in [9.17, 15) is 9.59 Å². The minimum atomic E-state index is -0.350. The highest BCUT2D eigenvalue weighted by atomic mass is 35.5. The fraction of sp³-hybridized carbons (Fsp3) is 0.148. The Morgan fingerprint density at radius 2 is 1.56 bits per heavy atom. The molecular weight excluding hydrogens is 448 g/mol. The normalized spacial score (nSPS) is 10.8. The van der Waals surface area contributed by atoms with Gasteiger partial charge in [0.2, 0.25) is 11.9 Å². The maximum absolute atomic E-state index is 13.1. The molecule has 1 N–H and O–H groups in total. The van der Waals surface area contributed by atoms with Crippen molar-refractivity contribution in [2.24, 2.45) is 0 Å². The van der Waals surface area contributed by atoms with E-state index in [1.807, 2.05) is 85.3 Å². The van der Waals surface area contributed by atoms with Crippen LogP contribution in [0.1, 0.15) is 24.2 Å². The Morgan fingerprint density at radius 3 is 2.21 bits per heavy atom. The average Bonchev–Trinajstić information content (AvgIpc) is 3.27. The highest BCUT2D eigenvalue weighted by Crippen LogP contribution is 2.24. The van der Waals surface area contributed by atoms with Crippen LogP contribution in [0.5, 0.6) is 0 Å². The van der Waals surface area contributed by atoms with E-state index in [1.54, 1.807) is 24.3 Å². The zero-order chi connectivity index (χ0) is 24.1. The molecule has 4 rings (SSSR count). The molecule has 0 aliphatic carbocycles. The van der Waals surface area contributed by atoms with Crippen molar-refractivity contribution >= 4 is 29.4 Å². The van der Waals surface area contributed by atoms with Gasteiger partial charge in [0.1, 0.15) is 6.54 Å². The summed E-state index contributed by atoms with van der Waals surface area (Å²) in [5.41, 5.74) is 2.89. The molecule has 2 amide bonds. The SMILES string of the molecule is CC(C)N(CC(=O)Nc1nc(-c2ccccc2)cn1-c1ccccc1)C(=O)c1ccccc1Cl. The Kier molecular flexibility index (Phi) is 7.09. The van der Waals surface area contributed by atoms with Crippen molar-refractivity contribution in [1.82, 2.24) is 14.5 Å². The number of halogens is 1. The first-order valence-corrected chi connectivity index (χ1v) is 11.4. The zero-order valence-corrected chi connectivity index (χ0v) is 19.7. The number of carbonyl (C=O) groups excluding carboxylic acids is 2. The number of amides is 2. The van der Waals surface area contributed by atoms with Crippen molar-refractivity contribution in [2.45, 2.75) is 19.9 Å². The molecule has 34 heavy (non-hydrogen) atoms. The Morgan fingerprint density at radius 1 is 0.941 bits per heavy atom. The fourth-order valence-electron chi connectivity index (χ4n) is 3.60. The Labute approximate surface area is 203 Å². The van der Waals surface area contributed by atoms with Gasteiger partial charge in [0, 0.05) is 23.5 Å². The van der Waals surface area contributed by atoms with E-state index in [1.165, 1.54) is 4.90 Å². The molecule has 1 aromatic heterocycles. The summed E-state index contributed by atoms with van der Waals surface area (Å²) in [6.45, 7) is 3.59. The lowest BCUT2D eigenvalue weighted by atomic mass is 10.1. The molecule has 172 valence electrons. The van der Waals surface area contributed by atoms with Gasteiger partial charge in [-0.2, -0.15) is 0 Å². The lowest BCUT2D eigenvalue weighted by Crippen LogP contribution is -2.42. The number of imidazole rings is 1. The minimum Gasteiger partial charge on any atom is -0.327 e. The Balaban J connectivity index is 1.61. The number of rotatable bonds is 7. The zero-order valence-electron chi connectivity index (χ0n) is 19.0. The summed E-state index contributed by atoms with van der Waals surface area (Å²) in [6.07, 6.45) is 1.88. The second-order valence-electron chi connectivity index (χ2n) is 8.08. The molecule has 0 spiro atoms. The van der Waals surface area contributed by atoms with Crippen molar-refractivity contribution in [1.29, 1.82) is 0 Å². The van der Waals surface area contributed by atoms with Crippen LogP contribution in [0.15, 0.2) is 91.1 Å². The summed E-state index contributed by atoms with van der Waals surface area (Å²) in [4.78, 5) is 32.4. The number of hydrogen-bond donors (Lipinski definition) is 1. The molecule has 0 aliphatic rings. The van der Waals surface area contributed by atoms with Crippen LogP contribution in [0.3, 0.4) is 0 Å². The molecule has 0 saturated carbocycles. The molecule has 0 aliphatic heterocycles. The van der Waals surface area contributed by atoms with Gasteiger partial charge in [0.05, 0.1) is 16.3 Å². The summed E-state index contributed by atoms with van der Waals surface area (Å²) in [5.74, 6) is -0.271. The number of nitrogens with one attached hydrogen (secondary N) is 1. The highest BCUT2D eigenvalue weighted by molar-refractivity contribution is 6.33. The predicted molar refractivity (Wildman–Crippen MR) is 135 cm³/mol. The van der Waals surface area contributed by atoms with Crippen molar-refractivity contribution in [2.75, 3.05) is 11.9 Å². The number of hydrogen-bond acceptors (Lipinski definition) is 3. The third-order valence-electron chi connectivity index (χ3n) is 5.36. The third kappa shape index (κ3) is 5.18. The number of benzene rings is 3. The number of para-hydroxylation sites is 1. The molecule has 6 nitrogen and oxygen atoms in total. The van der Waals surface area contributed by atoms with Gasteiger partial charge in [-0.05, 0) is 38.1 Å². The molecule has 4 aromatic rings. The largest absolute Gasteiger partial charge is 0.327 e. The van der Waals surface area contributed by atoms with E-state index >= 15 is 0 Å². The Bertz CT molecular complexity index is 1290. The van der Waals surface area contributed by atoms with E-state index in [0.717, 1.165) is 16.9 Å². The second-order valence-corrected chi connectivity index (χ2v) is 8.48. The van der Waals surface area contributed by atoms with Gasteiger partial charge in [0.25, 0.3) is 5.91 Å². The molecule has 0 atom stereocenters. The average molecular weight is 473 g/mol.